The molecule has 0 spiro atoms. The quantitative estimate of drug-likeness (QED) is 0.705. The fourth-order valence-electron chi connectivity index (χ4n) is 3.01. The van der Waals surface area contributed by atoms with Gasteiger partial charge in [-0.15, -0.1) is 0 Å². The van der Waals surface area contributed by atoms with Gasteiger partial charge in [0.2, 0.25) is 0 Å². The number of hydrogen-bond donors (Lipinski definition) is 1. The Morgan fingerprint density at radius 3 is 2.75 bits per heavy atom. The third-order valence-electron chi connectivity index (χ3n) is 4.37. The van der Waals surface area contributed by atoms with Crippen molar-refractivity contribution in [2.75, 3.05) is 33.4 Å². The first kappa shape index (κ1) is 18.6. The number of hydrogen-bond acceptors (Lipinski definition) is 4. The highest BCUT2D eigenvalue weighted by molar-refractivity contribution is 5.95. The van der Waals surface area contributed by atoms with Crippen LogP contribution in [0.4, 0.5) is 0 Å². The molecule has 1 atom stereocenters. The van der Waals surface area contributed by atoms with Gasteiger partial charge in [0.05, 0.1) is 13.7 Å². The average molecular weight is 334 g/mol. The van der Waals surface area contributed by atoms with E-state index < -0.39 is 0 Å². The minimum atomic E-state index is 0.0731. The fraction of sp³-hybridized carbons (Fsp3) is 0.632. The summed E-state index contributed by atoms with van der Waals surface area (Å²) < 4.78 is 11.2. The maximum Gasteiger partial charge on any atom is 0.254 e. The molecule has 1 aliphatic rings. The molecule has 134 valence electrons. The molecule has 1 heterocycles. The molecule has 0 aliphatic carbocycles. The van der Waals surface area contributed by atoms with E-state index in [9.17, 15) is 4.79 Å². The number of nitrogens with zero attached hydrogens (tertiary/aromatic N) is 1. The van der Waals surface area contributed by atoms with Crippen molar-refractivity contribution >= 4 is 5.91 Å². The zero-order valence-electron chi connectivity index (χ0n) is 15.1. The Hall–Kier alpha value is -1.75. The number of rotatable bonds is 9. The van der Waals surface area contributed by atoms with Crippen LogP contribution >= 0.6 is 0 Å². The molecule has 0 aromatic heterocycles. The maximum absolute atomic E-state index is 13.0. The van der Waals surface area contributed by atoms with E-state index in [2.05, 4.69) is 19.2 Å². The summed E-state index contributed by atoms with van der Waals surface area (Å²) in [5.41, 5.74) is 0.662. The predicted molar refractivity (Wildman–Crippen MR) is 96.0 cm³/mol. The number of carbonyl (C=O) groups is 1. The molecule has 1 aromatic carbocycles. The monoisotopic (exact) mass is 334 g/mol. The van der Waals surface area contributed by atoms with Gasteiger partial charge in [0.15, 0.2) is 11.5 Å². The SMILES string of the molecule is CCCCOc1ccc(C(=O)N(CCC)C2CCNC2)cc1OC. The van der Waals surface area contributed by atoms with Gasteiger partial charge in [-0.3, -0.25) is 4.79 Å². The molecule has 2 rings (SSSR count). The zero-order valence-corrected chi connectivity index (χ0v) is 15.1. The van der Waals surface area contributed by atoms with E-state index in [0.29, 0.717) is 23.7 Å². The van der Waals surface area contributed by atoms with E-state index in [1.807, 2.05) is 17.0 Å². The van der Waals surface area contributed by atoms with Gasteiger partial charge in [-0.2, -0.15) is 0 Å². The molecule has 1 amide bonds. The summed E-state index contributed by atoms with van der Waals surface area (Å²) in [5, 5.41) is 3.34. The fourth-order valence-corrected chi connectivity index (χ4v) is 3.01. The molecule has 1 aromatic rings. The predicted octanol–water partition coefficient (Wildman–Crippen LogP) is 3.09. The van der Waals surface area contributed by atoms with Gasteiger partial charge < -0.3 is 19.7 Å². The second-order valence-electron chi connectivity index (χ2n) is 6.21. The number of methoxy groups -OCH3 is 1. The molecular weight excluding hydrogens is 304 g/mol. The average Bonchev–Trinajstić information content (AvgIpc) is 3.13. The lowest BCUT2D eigenvalue weighted by molar-refractivity contribution is 0.0692. The highest BCUT2D eigenvalue weighted by atomic mass is 16.5. The van der Waals surface area contributed by atoms with Crippen LogP contribution in [0.1, 0.15) is 49.9 Å². The van der Waals surface area contributed by atoms with E-state index in [4.69, 9.17) is 9.47 Å². The van der Waals surface area contributed by atoms with Crippen molar-refractivity contribution in [1.29, 1.82) is 0 Å². The first-order valence-electron chi connectivity index (χ1n) is 9.03. The zero-order chi connectivity index (χ0) is 17.4. The Bertz CT molecular complexity index is 527. The normalized spacial score (nSPS) is 16.9. The molecule has 1 unspecified atom stereocenters. The second kappa shape index (κ2) is 9.52. The minimum absolute atomic E-state index is 0.0731. The first-order chi connectivity index (χ1) is 11.7. The topological polar surface area (TPSA) is 50.8 Å². The lowest BCUT2D eigenvalue weighted by Gasteiger charge is -2.28. The van der Waals surface area contributed by atoms with Crippen LogP contribution in [0.2, 0.25) is 0 Å². The summed E-state index contributed by atoms with van der Waals surface area (Å²) >= 11 is 0. The summed E-state index contributed by atoms with van der Waals surface area (Å²) in [6.45, 7) is 7.53. The smallest absolute Gasteiger partial charge is 0.254 e. The Morgan fingerprint density at radius 1 is 1.29 bits per heavy atom. The number of nitrogens with one attached hydrogen (secondary N) is 1. The summed E-state index contributed by atoms with van der Waals surface area (Å²) in [4.78, 5) is 15.0. The van der Waals surface area contributed by atoms with Gasteiger partial charge in [-0.05, 0) is 44.0 Å². The standard InChI is InChI=1S/C19H30N2O3/c1-4-6-12-24-17-8-7-15(13-18(17)23-3)19(22)21(11-5-2)16-9-10-20-14-16/h7-8,13,16,20H,4-6,9-12,14H2,1-3H3. The number of benzene rings is 1. The maximum atomic E-state index is 13.0. The highest BCUT2D eigenvalue weighted by Gasteiger charge is 2.27. The van der Waals surface area contributed by atoms with Gasteiger partial charge in [0, 0.05) is 24.7 Å². The third-order valence-corrected chi connectivity index (χ3v) is 4.37. The van der Waals surface area contributed by atoms with E-state index in [1.54, 1.807) is 13.2 Å². The van der Waals surface area contributed by atoms with E-state index >= 15 is 0 Å². The van der Waals surface area contributed by atoms with Crippen molar-refractivity contribution in [3.05, 3.63) is 23.8 Å². The molecule has 0 radical (unpaired) electrons. The van der Waals surface area contributed by atoms with Crippen LogP contribution in [-0.4, -0.2) is 50.2 Å². The molecular formula is C19H30N2O3. The van der Waals surface area contributed by atoms with Gasteiger partial charge in [0.1, 0.15) is 0 Å². The van der Waals surface area contributed by atoms with Crippen molar-refractivity contribution < 1.29 is 14.3 Å². The van der Waals surface area contributed by atoms with E-state index in [1.165, 1.54) is 0 Å². The Morgan fingerprint density at radius 2 is 2.12 bits per heavy atom. The number of amides is 1. The van der Waals surface area contributed by atoms with Crippen molar-refractivity contribution in [2.24, 2.45) is 0 Å². The molecule has 5 nitrogen and oxygen atoms in total. The van der Waals surface area contributed by atoms with Crippen LogP contribution in [0, 0.1) is 0 Å². The lowest BCUT2D eigenvalue weighted by Crippen LogP contribution is -2.42. The Labute approximate surface area is 145 Å². The molecule has 24 heavy (non-hydrogen) atoms. The van der Waals surface area contributed by atoms with Crippen LogP contribution in [-0.2, 0) is 0 Å². The largest absolute Gasteiger partial charge is 0.493 e. The van der Waals surface area contributed by atoms with Gasteiger partial charge in [-0.25, -0.2) is 0 Å². The summed E-state index contributed by atoms with van der Waals surface area (Å²) in [6.07, 6.45) is 4.06. The van der Waals surface area contributed by atoms with E-state index in [0.717, 1.165) is 45.3 Å². The summed E-state index contributed by atoms with van der Waals surface area (Å²) in [5.74, 6) is 1.40. The minimum Gasteiger partial charge on any atom is -0.493 e. The second-order valence-corrected chi connectivity index (χ2v) is 6.21. The molecule has 1 fully saturated rings. The van der Waals surface area contributed by atoms with Crippen molar-refractivity contribution in [1.82, 2.24) is 10.2 Å². The molecule has 0 bridgehead atoms. The van der Waals surface area contributed by atoms with Gasteiger partial charge >= 0.3 is 0 Å². The van der Waals surface area contributed by atoms with Crippen molar-refractivity contribution in [3.8, 4) is 11.5 Å². The highest BCUT2D eigenvalue weighted by Crippen LogP contribution is 2.29. The van der Waals surface area contributed by atoms with Crippen LogP contribution < -0.4 is 14.8 Å². The van der Waals surface area contributed by atoms with Crippen LogP contribution in [0.5, 0.6) is 11.5 Å². The number of carbonyl (C=O) groups excluding carboxylic acids is 1. The van der Waals surface area contributed by atoms with Crippen LogP contribution in [0.25, 0.3) is 0 Å². The first-order valence-corrected chi connectivity index (χ1v) is 9.03. The number of ether oxygens (including phenoxy) is 2. The van der Waals surface area contributed by atoms with Crippen molar-refractivity contribution in [2.45, 2.75) is 45.6 Å². The summed E-state index contributed by atoms with van der Waals surface area (Å²) in [6, 6.07) is 5.77. The molecule has 0 saturated carbocycles. The number of unbranched alkanes of at least 4 members (excludes halogenated alkanes) is 1. The van der Waals surface area contributed by atoms with Gasteiger partial charge in [-0.1, -0.05) is 20.3 Å². The molecule has 1 saturated heterocycles. The summed E-state index contributed by atoms with van der Waals surface area (Å²) in [7, 11) is 1.61. The van der Waals surface area contributed by atoms with Crippen molar-refractivity contribution in [3.63, 3.8) is 0 Å². The molecule has 5 heteroatoms. The van der Waals surface area contributed by atoms with Crippen LogP contribution in [0.3, 0.4) is 0 Å². The van der Waals surface area contributed by atoms with E-state index in [-0.39, 0.29) is 11.9 Å². The Balaban J connectivity index is 2.14. The van der Waals surface area contributed by atoms with Crippen LogP contribution in [0.15, 0.2) is 18.2 Å². The molecule has 1 aliphatic heterocycles. The third kappa shape index (κ3) is 4.63. The molecule has 1 N–H and O–H groups in total. The Kier molecular flexibility index (Phi) is 7.37. The lowest BCUT2D eigenvalue weighted by atomic mass is 10.1. The van der Waals surface area contributed by atoms with Gasteiger partial charge in [0.25, 0.3) is 5.91 Å².